The van der Waals surface area contributed by atoms with Crippen LogP contribution in [0.15, 0.2) is 60.8 Å². The molecule has 0 fully saturated rings. The van der Waals surface area contributed by atoms with Crippen molar-refractivity contribution in [3.8, 4) is 0 Å². The van der Waals surface area contributed by atoms with Gasteiger partial charge in [-0.25, -0.2) is 4.79 Å². The molecular weight excluding hydrogens is 398 g/mol. The van der Waals surface area contributed by atoms with Gasteiger partial charge in [-0.05, 0) is 17.2 Å². The highest BCUT2D eigenvalue weighted by molar-refractivity contribution is 5.97. The molecule has 2 aromatic carbocycles. The van der Waals surface area contributed by atoms with E-state index in [-0.39, 0.29) is 12.3 Å². The van der Waals surface area contributed by atoms with Crippen molar-refractivity contribution >= 4 is 29.9 Å². The van der Waals surface area contributed by atoms with E-state index in [0.29, 0.717) is 5.56 Å². The van der Waals surface area contributed by atoms with E-state index in [1.54, 1.807) is 36.5 Å². The van der Waals surface area contributed by atoms with E-state index >= 15 is 0 Å². The van der Waals surface area contributed by atoms with Crippen LogP contribution >= 0.6 is 0 Å². The highest BCUT2D eigenvalue weighted by Gasteiger charge is 2.32. The number of hydrogen-bond acceptors (Lipinski definition) is 5. The van der Waals surface area contributed by atoms with Crippen molar-refractivity contribution in [3.63, 3.8) is 0 Å². The number of ether oxygens (including phenoxy) is 1. The smallest absolute Gasteiger partial charge is 0.321 e. The van der Waals surface area contributed by atoms with Gasteiger partial charge in [0.2, 0.25) is 12.0 Å². The van der Waals surface area contributed by atoms with E-state index < -0.39 is 30.1 Å². The van der Waals surface area contributed by atoms with E-state index in [1.165, 1.54) is 18.9 Å². The zero-order valence-electron chi connectivity index (χ0n) is 17.2. The standard InChI is InChI=1S/C23H23N3O5/c1-15(27)26-13-12-16-8-6-7-11-18(16)19(26)14-20(28)31-21(17-9-4-3-5-10-17)22(29)25-23(30)24-2/h3-13,19,21H,14H2,1-2H3,(H2,24,25,29,30)/t19-,21+/m0/s1. The zero-order chi connectivity index (χ0) is 22.4. The second kappa shape index (κ2) is 9.71. The predicted molar refractivity (Wildman–Crippen MR) is 113 cm³/mol. The fourth-order valence-electron chi connectivity index (χ4n) is 3.39. The second-order valence-corrected chi connectivity index (χ2v) is 6.94. The van der Waals surface area contributed by atoms with Crippen LogP contribution < -0.4 is 10.6 Å². The van der Waals surface area contributed by atoms with E-state index in [2.05, 4.69) is 10.6 Å². The molecule has 0 aromatic heterocycles. The molecule has 1 aliphatic heterocycles. The SMILES string of the molecule is CNC(=O)NC(=O)[C@H](OC(=O)C[C@H]1c2ccccc2C=CN1C(C)=O)c1ccccc1. The molecule has 8 nitrogen and oxygen atoms in total. The van der Waals surface area contributed by atoms with Crippen molar-refractivity contribution in [2.24, 2.45) is 0 Å². The quantitative estimate of drug-likeness (QED) is 0.723. The van der Waals surface area contributed by atoms with Crippen molar-refractivity contribution in [1.29, 1.82) is 0 Å². The Kier molecular flexibility index (Phi) is 6.81. The van der Waals surface area contributed by atoms with Crippen LogP contribution in [0.1, 0.15) is 42.2 Å². The summed E-state index contributed by atoms with van der Waals surface area (Å²) in [4.78, 5) is 50.6. The molecule has 2 aromatic rings. The molecule has 8 heteroatoms. The monoisotopic (exact) mass is 421 g/mol. The highest BCUT2D eigenvalue weighted by Crippen LogP contribution is 2.33. The third-order valence-electron chi connectivity index (χ3n) is 4.88. The summed E-state index contributed by atoms with van der Waals surface area (Å²) in [5.74, 6) is -1.67. The largest absolute Gasteiger partial charge is 0.447 e. The minimum Gasteiger partial charge on any atom is -0.447 e. The van der Waals surface area contributed by atoms with E-state index in [0.717, 1.165) is 11.1 Å². The molecule has 0 spiro atoms. The van der Waals surface area contributed by atoms with Gasteiger partial charge in [-0.2, -0.15) is 0 Å². The van der Waals surface area contributed by atoms with E-state index in [1.807, 2.05) is 30.3 Å². The van der Waals surface area contributed by atoms with Crippen molar-refractivity contribution in [2.45, 2.75) is 25.5 Å². The molecule has 4 amide bonds. The maximum atomic E-state index is 12.9. The lowest BCUT2D eigenvalue weighted by molar-refractivity contribution is -0.157. The first-order valence-corrected chi connectivity index (χ1v) is 9.73. The van der Waals surface area contributed by atoms with Crippen LogP contribution in [0, 0.1) is 0 Å². The maximum Gasteiger partial charge on any atom is 0.321 e. The van der Waals surface area contributed by atoms with Crippen LogP contribution in [0.2, 0.25) is 0 Å². The van der Waals surface area contributed by atoms with Crippen LogP contribution in [0.5, 0.6) is 0 Å². The van der Waals surface area contributed by atoms with Gasteiger partial charge in [0.05, 0.1) is 12.5 Å². The molecule has 31 heavy (non-hydrogen) atoms. The third kappa shape index (κ3) is 5.16. The number of carbonyl (C=O) groups is 4. The fourth-order valence-corrected chi connectivity index (χ4v) is 3.39. The van der Waals surface area contributed by atoms with Crippen LogP contribution in [0.4, 0.5) is 4.79 Å². The first-order chi connectivity index (χ1) is 14.9. The minimum absolute atomic E-state index is 0.155. The van der Waals surface area contributed by atoms with Gasteiger partial charge in [-0.15, -0.1) is 0 Å². The molecule has 0 unspecified atom stereocenters. The number of imide groups is 1. The number of rotatable bonds is 5. The molecule has 0 saturated carbocycles. The van der Waals surface area contributed by atoms with Crippen LogP contribution in [0.25, 0.3) is 6.08 Å². The normalized spacial score (nSPS) is 15.4. The lowest BCUT2D eigenvalue weighted by Gasteiger charge is -2.32. The van der Waals surface area contributed by atoms with Gasteiger partial charge in [0, 0.05) is 25.7 Å². The van der Waals surface area contributed by atoms with Gasteiger partial charge in [0.1, 0.15) is 0 Å². The average Bonchev–Trinajstić information content (AvgIpc) is 2.77. The third-order valence-corrected chi connectivity index (χ3v) is 4.88. The van der Waals surface area contributed by atoms with E-state index in [9.17, 15) is 19.2 Å². The first kappa shape index (κ1) is 21.8. The van der Waals surface area contributed by atoms with Crippen molar-refractivity contribution in [2.75, 3.05) is 7.05 Å². The summed E-state index contributed by atoms with van der Waals surface area (Å²) in [6.07, 6.45) is 1.97. The molecular formula is C23H23N3O5. The summed E-state index contributed by atoms with van der Waals surface area (Å²) < 4.78 is 5.50. The number of nitrogens with zero attached hydrogens (tertiary/aromatic N) is 1. The first-order valence-electron chi connectivity index (χ1n) is 9.73. The number of esters is 1. The topological polar surface area (TPSA) is 105 Å². The number of hydrogen-bond donors (Lipinski definition) is 2. The van der Waals surface area contributed by atoms with Crippen molar-refractivity contribution in [1.82, 2.24) is 15.5 Å². The van der Waals surface area contributed by atoms with Gasteiger partial charge in [0.15, 0.2) is 0 Å². The highest BCUT2D eigenvalue weighted by atomic mass is 16.5. The maximum absolute atomic E-state index is 12.9. The Balaban J connectivity index is 1.83. The van der Waals surface area contributed by atoms with Crippen molar-refractivity contribution < 1.29 is 23.9 Å². The number of fused-ring (bicyclic) bond motifs is 1. The molecule has 160 valence electrons. The minimum atomic E-state index is -1.31. The number of amides is 4. The summed E-state index contributed by atoms with van der Waals surface area (Å²) in [6.45, 7) is 1.42. The van der Waals surface area contributed by atoms with Crippen molar-refractivity contribution in [3.05, 3.63) is 77.5 Å². The number of nitrogens with one attached hydrogen (secondary N) is 2. The second-order valence-electron chi connectivity index (χ2n) is 6.94. The molecule has 0 aliphatic carbocycles. The molecule has 1 aliphatic rings. The average molecular weight is 421 g/mol. The molecule has 1 heterocycles. The lowest BCUT2D eigenvalue weighted by Crippen LogP contribution is -2.41. The molecule has 0 radical (unpaired) electrons. The Bertz CT molecular complexity index is 1020. The molecule has 2 N–H and O–H groups in total. The van der Waals surface area contributed by atoms with Crippen LogP contribution in [-0.4, -0.2) is 35.8 Å². The summed E-state index contributed by atoms with van der Waals surface area (Å²) in [7, 11) is 1.37. The summed E-state index contributed by atoms with van der Waals surface area (Å²) in [5, 5.41) is 4.43. The Morgan fingerprint density at radius 2 is 1.71 bits per heavy atom. The van der Waals surface area contributed by atoms with Gasteiger partial charge >= 0.3 is 12.0 Å². The number of carbonyl (C=O) groups excluding carboxylic acids is 4. The Hall–Kier alpha value is -3.94. The fraction of sp³-hybridized carbons (Fsp3) is 0.217. The summed E-state index contributed by atoms with van der Waals surface area (Å²) in [5.41, 5.74) is 2.13. The number of urea groups is 1. The molecule has 0 saturated heterocycles. The van der Waals surface area contributed by atoms with Gasteiger partial charge in [-0.3, -0.25) is 19.7 Å². The summed E-state index contributed by atoms with van der Waals surface area (Å²) >= 11 is 0. The lowest BCUT2D eigenvalue weighted by atomic mass is 9.94. The molecule has 2 atom stereocenters. The molecule has 3 rings (SSSR count). The number of benzene rings is 2. The van der Waals surface area contributed by atoms with Gasteiger partial charge in [0.25, 0.3) is 5.91 Å². The zero-order valence-corrected chi connectivity index (χ0v) is 17.2. The molecule has 0 bridgehead atoms. The van der Waals surface area contributed by atoms with E-state index in [4.69, 9.17) is 4.74 Å². The van der Waals surface area contributed by atoms with Crippen LogP contribution in [0.3, 0.4) is 0 Å². The Labute approximate surface area is 179 Å². The summed E-state index contributed by atoms with van der Waals surface area (Å²) in [6, 6.07) is 14.6. The van der Waals surface area contributed by atoms with Gasteiger partial charge in [-0.1, -0.05) is 54.6 Å². The predicted octanol–water partition coefficient (Wildman–Crippen LogP) is 2.69. The van der Waals surface area contributed by atoms with Gasteiger partial charge < -0.3 is 15.0 Å². The Morgan fingerprint density at radius 3 is 2.39 bits per heavy atom. The van der Waals surface area contributed by atoms with Crippen LogP contribution in [-0.2, 0) is 19.1 Å². The Morgan fingerprint density at radius 1 is 1.03 bits per heavy atom.